The van der Waals surface area contributed by atoms with Crippen molar-refractivity contribution in [2.24, 2.45) is 0 Å². The molecule has 0 spiro atoms. The Morgan fingerprint density at radius 3 is 2.47 bits per heavy atom. The van der Waals surface area contributed by atoms with E-state index in [1.807, 2.05) is 5.32 Å². The largest absolute Gasteiger partial charge is 0.462 e. The van der Waals surface area contributed by atoms with Gasteiger partial charge in [-0.15, -0.1) is 0 Å². The Hall–Kier alpha value is -2.56. The topological polar surface area (TPSA) is 79.2 Å². The second-order valence-corrected chi connectivity index (χ2v) is 3.32. The average molecular weight is 272 g/mol. The molecule has 0 aliphatic carbocycles. The van der Waals surface area contributed by atoms with E-state index < -0.39 is 29.2 Å². The number of amides is 1. The van der Waals surface area contributed by atoms with Gasteiger partial charge in [0.2, 0.25) is 0 Å². The van der Waals surface area contributed by atoms with Crippen LogP contribution < -0.4 is 5.32 Å². The molecule has 0 fully saturated rings. The van der Waals surface area contributed by atoms with E-state index in [0.717, 1.165) is 19.2 Å². The summed E-state index contributed by atoms with van der Waals surface area (Å²) in [5.41, 5.74) is -2.04. The molecule has 0 saturated carbocycles. The van der Waals surface area contributed by atoms with Crippen molar-refractivity contribution in [2.75, 3.05) is 12.4 Å². The molecule has 0 aliphatic rings. The summed E-state index contributed by atoms with van der Waals surface area (Å²) in [6, 6.07) is 3.94. The van der Waals surface area contributed by atoms with Crippen molar-refractivity contribution in [2.45, 2.75) is 6.18 Å². The number of hydrogen-bond donors (Lipinski definition) is 1. The number of benzene rings is 1. The number of hydrogen-bond acceptors (Lipinski definition) is 4. The van der Waals surface area contributed by atoms with Crippen LogP contribution in [0.3, 0.4) is 0 Å². The minimum absolute atomic E-state index is 0.262. The third kappa shape index (κ3) is 3.45. The van der Waals surface area contributed by atoms with E-state index in [1.54, 1.807) is 0 Å². The fourth-order valence-corrected chi connectivity index (χ4v) is 1.23. The number of carbonyl (C=O) groups excluding carboxylic acids is 2. The van der Waals surface area contributed by atoms with Crippen LogP contribution in [0.4, 0.5) is 18.9 Å². The quantitative estimate of drug-likeness (QED) is 0.623. The lowest BCUT2D eigenvalue weighted by molar-refractivity contribution is -0.150. The van der Waals surface area contributed by atoms with Gasteiger partial charge in [-0.25, -0.2) is 4.79 Å². The number of anilines is 1. The Kier molecular flexibility index (Phi) is 4.11. The first-order chi connectivity index (χ1) is 8.79. The summed E-state index contributed by atoms with van der Waals surface area (Å²) in [4.78, 5) is 21.9. The SMILES string of the molecule is COC(=O)C(=O)Nc1ccc(C#N)c(C(F)(F)F)c1. The summed E-state index contributed by atoms with van der Waals surface area (Å²) in [7, 11) is 0.960. The lowest BCUT2D eigenvalue weighted by Gasteiger charge is -2.11. The molecular weight excluding hydrogens is 265 g/mol. The Balaban J connectivity index is 3.10. The highest BCUT2D eigenvalue weighted by molar-refractivity contribution is 6.37. The number of carbonyl (C=O) groups is 2. The lowest BCUT2D eigenvalue weighted by Crippen LogP contribution is -2.24. The standard InChI is InChI=1S/C11H7F3N2O3/c1-19-10(18)9(17)16-7-3-2-6(5-15)8(4-7)11(12,13)14/h2-4H,1H3,(H,16,17). The zero-order chi connectivity index (χ0) is 14.6. The van der Waals surface area contributed by atoms with Crippen LogP contribution in [0.25, 0.3) is 0 Å². The van der Waals surface area contributed by atoms with Crippen molar-refractivity contribution in [1.29, 1.82) is 5.26 Å². The van der Waals surface area contributed by atoms with E-state index in [2.05, 4.69) is 4.74 Å². The van der Waals surface area contributed by atoms with Crippen LogP contribution >= 0.6 is 0 Å². The smallest absolute Gasteiger partial charge is 0.417 e. The first-order valence-electron chi connectivity index (χ1n) is 4.80. The van der Waals surface area contributed by atoms with Gasteiger partial charge < -0.3 is 10.1 Å². The normalized spacial score (nSPS) is 10.5. The number of methoxy groups -OCH3 is 1. The summed E-state index contributed by atoms with van der Waals surface area (Å²) >= 11 is 0. The van der Waals surface area contributed by atoms with E-state index in [4.69, 9.17) is 5.26 Å². The molecule has 1 aromatic rings. The third-order valence-electron chi connectivity index (χ3n) is 2.07. The van der Waals surface area contributed by atoms with E-state index in [1.165, 1.54) is 6.07 Å². The molecule has 0 aliphatic heterocycles. The number of nitrogens with zero attached hydrogens (tertiary/aromatic N) is 1. The lowest BCUT2D eigenvalue weighted by atomic mass is 10.1. The second-order valence-electron chi connectivity index (χ2n) is 3.32. The number of nitrogens with one attached hydrogen (secondary N) is 1. The van der Waals surface area contributed by atoms with Crippen molar-refractivity contribution in [1.82, 2.24) is 0 Å². The molecule has 0 radical (unpaired) electrons. The predicted octanol–water partition coefficient (Wildman–Crippen LogP) is 1.69. The van der Waals surface area contributed by atoms with Crippen LogP contribution in [-0.2, 0) is 20.5 Å². The van der Waals surface area contributed by atoms with Crippen LogP contribution in [0.5, 0.6) is 0 Å². The fraction of sp³-hybridized carbons (Fsp3) is 0.182. The van der Waals surface area contributed by atoms with E-state index in [-0.39, 0.29) is 5.69 Å². The number of ether oxygens (including phenoxy) is 1. The molecule has 1 amide bonds. The van der Waals surface area contributed by atoms with Crippen LogP contribution in [0.2, 0.25) is 0 Å². The number of esters is 1. The van der Waals surface area contributed by atoms with Crippen molar-refractivity contribution in [3.63, 3.8) is 0 Å². The maximum absolute atomic E-state index is 12.6. The number of alkyl halides is 3. The van der Waals surface area contributed by atoms with Crippen molar-refractivity contribution in [3.8, 4) is 6.07 Å². The molecule has 0 unspecified atom stereocenters. The molecule has 1 rings (SSSR count). The number of nitriles is 1. The van der Waals surface area contributed by atoms with Crippen molar-refractivity contribution < 1.29 is 27.5 Å². The molecule has 0 saturated heterocycles. The van der Waals surface area contributed by atoms with Crippen molar-refractivity contribution in [3.05, 3.63) is 29.3 Å². The van der Waals surface area contributed by atoms with Gasteiger partial charge in [0, 0.05) is 5.69 Å². The molecule has 8 heteroatoms. The first-order valence-corrected chi connectivity index (χ1v) is 4.80. The Labute approximate surface area is 105 Å². The van der Waals surface area contributed by atoms with Crippen LogP contribution in [0, 0.1) is 11.3 Å². The minimum atomic E-state index is -4.74. The van der Waals surface area contributed by atoms with E-state index >= 15 is 0 Å². The van der Waals surface area contributed by atoms with Gasteiger partial charge in [-0.05, 0) is 18.2 Å². The van der Waals surface area contributed by atoms with Gasteiger partial charge in [0.25, 0.3) is 0 Å². The first kappa shape index (κ1) is 14.5. The van der Waals surface area contributed by atoms with E-state index in [0.29, 0.717) is 6.07 Å². The fourth-order valence-electron chi connectivity index (χ4n) is 1.23. The second kappa shape index (κ2) is 5.39. The third-order valence-corrected chi connectivity index (χ3v) is 2.07. The molecule has 0 aromatic heterocycles. The predicted molar refractivity (Wildman–Crippen MR) is 56.8 cm³/mol. The summed E-state index contributed by atoms with van der Waals surface area (Å²) in [5, 5.41) is 10.5. The summed E-state index contributed by atoms with van der Waals surface area (Å²) in [6.07, 6.45) is -4.74. The highest BCUT2D eigenvalue weighted by Crippen LogP contribution is 2.33. The number of rotatable bonds is 1. The Morgan fingerprint density at radius 2 is 2.00 bits per heavy atom. The van der Waals surface area contributed by atoms with Gasteiger partial charge in [0.15, 0.2) is 0 Å². The van der Waals surface area contributed by atoms with Gasteiger partial charge in [-0.1, -0.05) is 0 Å². The van der Waals surface area contributed by atoms with Crippen LogP contribution in [0.15, 0.2) is 18.2 Å². The molecule has 1 N–H and O–H groups in total. The summed E-state index contributed by atoms with van der Waals surface area (Å²) in [5.74, 6) is -2.45. The van der Waals surface area contributed by atoms with Crippen LogP contribution in [0.1, 0.15) is 11.1 Å². The van der Waals surface area contributed by atoms with E-state index in [9.17, 15) is 22.8 Å². The maximum atomic E-state index is 12.6. The zero-order valence-electron chi connectivity index (χ0n) is 9.54. The molecule has 5 nitrogen and oxygen atoms in total. The molecule has 0 atom stereocenters. The molecule has 1 aromatic carbocycles. The molecular formula is C11H7F3N2O3. The van der Waals surface area contributed by atoms with Gasteiger partial charge in [0.1, 0.15) is 0 Å². The summed E-state index contributed by atoms with van der Waals surface area (Å²) < 4.78 is 42.0. The summed E-state index contributed by atoms with van der Waals surface area (Å²) in [6.45, 7) is 0. The zero-order valence-corrected chi connectivity index (χ0v) is 9.54. The Bertz CT molecular complexity index is 561. The Morgan fingerprint density at radius 1 is 1.37 bits per heavy atom. The van der Waals surface area contributed by atoms with Gasteiger partial charge in [-0.3, -0.25) is 4.79 Å². The van der Waals surface area contributed by atoms with Crippen molar-refractivity contribution >= 4 is 17.6 Å². The number of halogens is 3. The van der Waals surface area contributed by atoms with Gasteiger partial charge in [0.05, 0.1) is 24.3 Å². The maximum Gasteiger partial charge on any atom is 0.417 e. The highest BCUT2D eigenvalue weighted by Gasteiger charge is 2.34. The average Bonchev–Trinajstić information content (AvgIpc) is 2.36. The molecule has 19 heavy (non-hydrogen) atoms. The minimum Gasteiger partial charge on any atom is -0.462 e. The monoisotopic (exact) mass is 272 g/mol. The highest BCUT2D eigenvalue weighted by atomic mass is 19.4. The molecule has 0 heterocycles. The molecule has 0 bridgehead atoms. The van der Waals surface area contributed by atoms with Crippen LogP contribution in [-0.4, -0.2) is 19.0 Å². The van der Waals surface area contributed by atoms with Gasteiger partial charge in [-0.2, -0.15) is 18.4 Å². The van der Waals surface area contributed by atoms with Gasteiger partial charge >= 0.3 is 18.1 Å². The molecule has 100 valence electrons.